The number of amides is 1. The normalized spacial score (nSPS) is 29.1. The maximum atomic E-state index is 12.9. The van der Waals surface area contributed by atoms with Crippen LogP contribution in [-0.4, -0.2) is 43.0 Å². The Morgan fingerprint density at radius 3 is 2.35 bits per heavy atom. The van der Waals surface area contributed by atoms with E-state index in [9.17, 15) is 22.0 Å². The van der Waals surface area contributed by atoms with Gasteiger partial charge in [-0.15, -0.1) is 0 Å². The Kier molecular flexibility index (Phi) is 3.49. The molecule has 20 heavy (non-hydrogen) atoms. The van der Waals surface area contributed by atoms with Crippen LogP contribution in [0, 0.1) is 5.92 Å². The zero-order valence-electron chi connectivity index (χ0n) is 11.4. The molecule has 1 atom stereocenters. The first-order valence-electron chi connectivity index (χ1n) is 6.21. The largest absolute Gasteiger partial charge is 0.443 e. The van der Waals surface area contributed by atoms with Gasteiger partial charge in [-0.05, 0) is 26.7 Å². The minimum Gasteiger partial charge on any atom is -0.443 e. The van der Waals surface area contributed by atoms with E-state index >= 15 is 0 Å². The summed E-state index contributed by atoms with van der Waals surface area (Å²) in [5, 5.41) is 0. The lowest BCUT2D eigenvalue weighted by Gasteiger charge is -2.40. The molecule has 9 heteroatoms. The van der Waals surface area contributed by atoms with Gasteiger partial charge in [0.25, 0.3) is 0 Å². The van der Waals surface area contributed by atoms with E-state index in [1.807, 2.05) is 0 Å². The molecule has 0 radical (unpaired) electrons. The zero-order valence-corrected chi connectivity index (χ0v) is 12.2. The number of carbonyl (C=O) groups excluding carboxylic acids is 1. The number of halogens is 2. The molecule has 0 unspecified atom stereocenters. The first-order chi connectivity index (χ1) is 8.91. The fourth-order valence-corrected chi connectivity index (χ4v) is 3.50. The molecule has 1 amide bonds. The van der Waals surface area contributed by atoms with Gasteiger partial charge in [0, 0.05) is 12.8 Å². The third kappa shape index (κ3) is 3.03. The van der Waals surface area contributed by atoms with E-state index in [1.54, 1.807) is 20.8 Å². The second-order valence-corrected chi connectivity index (χ2v) is 7.59. The highest BCUT2D eigenvalue weighted by Gasteiger charge is 2.56. The summed E-state index contributed by atoms with van der Waals surface area (Å²) in [4.78, 5) is 11.9. The molecule has 2 aliphatic rings. The molecular formula is C11H17F2NO5S. The van der Waals surface area contributed by atoms with Gasteiger partial charge in [-0.3, -0.25) is 4.18 Å². The van der Waals surface area contributed by atoms with Crippen LogP contribution in [0.2, 0.25) is 0 Å². The predicted molar refractivity (Wildman–Crippen MR) is 64.4 cm³/mol. The summed E-state index contributed by atoms with van der Waals surface area (Å²) in [5.74, 6) is -3.40. The second-order valence-electron chi connectivity index (χ2n) is 6.11. The predicted octanol–water partition coefficient (Wildman–Crippen LogP) is 1.91. The van der Waals surface area contributed by atoms with E-state index in [4.69, 9.17) is 4.74 Å². The number of hydrogen-bond donors (Lipinski definition) is 0. The van der Waals surface area contributed by atoms with Crippen LogP contribution in [0.4, 0.5) is 13.6 Å². The Balaban J connectivity index is 2.15. The van der Waals surface area contributed by atoms with E-state index in [0.717, 1.165) is 0 Å². The lowest BCUT2D eigenvalue weighted by molar-refractivity contribution is -0.124. The van der Waals surface area contributed by atoms with Gasteiger partial charge in [-0.2, -0.15) is 12.7 Å². The molecule has 2 rings (SSSR count). The minimum absolute atomic E-state index is 0.303. The van der Waals surface area contributed by atoms with Crippen LogP contribution < -0.4 is 0 Å². The molecule has 2 fully saturated rings. The van der Waals surface area contributed by atoms with E-state index in [1.165, 1.54) is 0 Å². The molecule has 1 heterocycles. The standard InChI is InChI=1S/C11H17F2NO5S/c1-10(2,3)19-9(15)14-8(6-18-20(14,16)17)7-4-11(12,13)5-7/h7-8H,4-6H2,1-3H3/t8-/m1/s1. The molecule has 116 valence electrons. The molecular weight excluding hydrogens is 296 g/mol. The lowest BCUT2D eigenvalue weighted by atomic mass is 9.76. The van der Waals surface area contributed by atoms with Gasteiger partial charge in [-0.25, -0.2) is 13.6 Å². The maximum Gasteiger partial charge on any atom is 0.426 e. The molecule has 0 aromatic carbocycles. The Bertz CT molecular complexity index is 505. The number of alkyl halides is 2. The summed E-state index contributed by atoms with van der Waals surface area (Å²) in [6.07, 6.45) is -1.98. The highest BCUT2D eigenvalue weighted by Crippen LogP contribution is 2.47. The molecule has 0 aromatic heterocycles. The second kappa shape index (κ2) is 4.52. The first-order valence-corrected chi connectivity index (χ1v) is 7.57. The molecule has 1 aliphatic heterocycles. The molecule has 1 saturated carbocycles. The van der Waals surface area contributed by atoms with Gasteiger partial charge < -0.3 is 4.74 Å². The number of ether oxygens (including phenoxy) is 1. The van der Waals surface area contributed by atoms with Gasteiger partial charge in [0.2, 0.25) is 5.92 Å². The fraction of sp³-hybridized carbons (Fsp3) is 0.909. The first kappa shape index (κ1) is 15.4. The summed E-state index contributed by atoms with van der Waals surface area (Å²) in [5.41, 5.74) is -0.886. The summed E-state index contributed by atoms with van der Waals surface area (Å²) < 4.78 is 59.3. The number of carbonyl (C=O) groups is 1. The SMILES string of the molecule is CC(C)(C)OC(=O)N1[C@@H](C2CC(F)(F)C2)COS1(=O)=O. The van der Waals surface area contributed by atoms with E-state index in [0.29, 0.717) is 4.31 Å². The van der Waals surface area contributed by atoms with E-state index in [2.05, 4.69) is 4.18 Å². The van der Waals surface area contributed by atoms with Crippen LogP contribution in [-0.2, 0) is 19.2 Å². The van der Waals surface area contributed by atoms with Crippen molar-refractivity contribution in [2.24, 2.45) is 5.92 Å². The molecule has 0 spiro atoms. The summed E-state index contributed by atoms with van der Waals surface area (Å²) >= 11 is 0. The fourth-order valence-electron chi connectivity index (χ4n) is 2.29. The van der Waals surface area contributed by atoms with E-state index in [-0.39, 0.29) is 6.61 Å². The Morgan fingerprint density at radius 2 is 1.90 bits per heavy atom. The highest BCUT2D eigenvalue weighted by atomic mass is 32.2. The third-order valence-electron chi connectivity index (χ3n) is 3.17. The monoisotopic (exact) mass is 313 g/mol. The van der Waals surface area contributed by atoms with Gasteiger partial charge in [0.15, 0.2) is 0 Å². The van der Waals surface area contributed by atoms with Gasteiger partial charge in [0.05, 0.1) is 12.6 Å². The average molecular weight is 313 g/mol. The maximum absolute atomic E-state index is 12.9. The van der Waals surface area contributed by atoms with Crippen LogP contribution in [0.5, 0.6) is 0 Å². The molecule has 0 bridgehead atoms. The Morgan fingerprint density at radius 1 is 1.35 bits per heavy atom. The topological polar surface area (TPSA) is 72.9 Å². The average Bonchev–Trinajstić information content (AvgIpc) is 2.47. The molecule has 1 saturated heterocycles. The number of rotatable bonds is 1. The molecule has 0 aromatic rings. The number of nitrogens with zero attached hydrogens (tertiary/aromatic N) is 1. The molecule has 6 nitrogen and oxygen atoms in total. The van der Waals surface area contributed by atoms with Crippen molar-refractivity contribution in [1.29, 1.82) is 0 Å². The minimum atomic E-state index is -4.25. The Hall–Kier alpha value is -0.960. The van der Waals surface area contributed by atoms with Gasteiger partial charge >= 0.3 is 16.4 Å². The zero-order chi connectivity index (χ0) is 15.3. The molecule has 1 aliphatic carbocycles. The van der Waals surface area contributed by atoms with Crippen LogP contribution in [0.1, 0.15) is 33.6 Å². The van der Waals surface area contributed by atoms with Crippen molar-refractivity contribution in [3.8, 4) is 0 Å². The van der Waals surface area contributed by atoms with Crippen LogP contribution >= 0.6 is 0 Å². The van der Waals surface area contributed by atoms with Crippen molar-refractivity contribution in [2.75, 3.05) is 6.61 Å². The van der Waals surface area contributed by atoms with Crippen molar-refractivity contribution >= 4 is 16.4 Å². The smallest absolute Gasteiger partial charge is 0.426 e. The van der Waals surface area contributed by atoms with Crippen LogP contribution in [0.25, 0.3) is 0 Å². The number of hydrogen-bond acceptors (Lipinski definition) is 5. The summed E-state index contributed by atoms with van der Waals surface area (Å²) in [7, 11) is -4.25. The van der Waals surface area contributed by atoms with Crippen LogP contribution in [0.3, 0.4) is 0 Å². The van der Waals surface area contributed by atoms with Crippen molar-refractivity contribution in [3.63, 3.8) is 0 Å². The van der Waals surface area contributed by atoms with Gasteiger partial charge in [0.1, 0.15) is 5.60 Å². The lowest BCUT2D eigenvalue weighted by Crippen LogP contribution is -2.51. The highest BCUT2D eigenvalue weighted by molar-refractivity contribution is 7.85. The van der Waals surface area contributed by atoms with Crippen molar-refractivity contribution < 1.29 is 30.9 Å². The van der Waals surface area contributed by atoms with Crippen molar-refractivity contribution in [2.45, 2.75) is 51.2 Å². The van der Waals surface area contributed by atoms with Crippen LogP contribution in [0.15, 0.2) is 0 Å². The summed E-state index contributed by atoms with van der Waals surface area (Å²) in [6.45, 7) is 4.45. The quantitative estimate of drug-likeness (QED) is 0.739. The van der Waals surface area contributed by atoms with E-state index < -0.39 is 52.7 Å². The molecule has 0 N–H and O–H groups in total. The van der Waals surface area contributed by atoms with Crippen molar-refractivity contribution in [1.82, 2.24) is 4.31 Å². The summed E-state index contributed by atoms with van der Waals surface area (Å²) in [6, 6.07) is -0.922. The van der Waals surface area contributed by atoms with Crippen molar-refractivity contribution in [3.05, 3.63) is 0 Å². The third-order valence-corrected chi connectivity index (χ3v) is 4.50. The van der Waals surface area contributed by atoms with Gasteiger partial charge in [-0.1, -0.05) is 0 Å². The Labute approximate surface area is 116 Å².